The summed E-state index contributed by atoms with van der Waals surface area (Å²) in [6, 6.07) is 15.2. The number of fused-ring (bicyclic) bond motifs is 1. The second-order valence-corrected chi connectivity index (χ2v) is 6.38. The van der Waals surface area contributed by atoms with Crippen molar-refractivity contribution < 1.29 is 9.59 Å². The Morgan fingerprint density at radius 1 is 0.962 bits per heavy atom. The molecule has 1 aromatic heterocycles. The number of hydrogen-bond acceptors (Lipinski definition) is 2. The van der Waals surface area contributed by atoms with Gasteiger partial charge in [-0.3, -0.25) is 9.59 Å². The maximum atomic E-state index is 12.5. The Labute approximate surface area is 152 Å². The molecule has 3 rings (SSSR count). The standard InChI is InChI=1S/C21H23N3O2/c1-3-7-20(25)23-15-8-6-9-16(12-15)24-21(26)13-18-14(2)22-19-11-5-4-10-17(18)19/h4-6,8-12,22H,3,7,13H2,1-2H3,(H,23,25)(H,24,26). The molecule has 0 aliphatic carbocycles. The second kappa shape index (κ2) is 7.87. The van der Waals surface area contributed by atoms with Crippen LogP contribution in [0.2, 0.25) is 0 Å². The van der Waals surface area contributed by atoms with Crippen molar-refractivity contribution >= 4 is 34.1 Å². The molecular weight excluding hydrogens is 326 g/mol. The van der Waals surface area contributed by atoms with E-state index in [1.165, 1.54) is 0 Å². The molecule has 0 saturated carbocycles. The molecular formula is C21H23N3O2. The average Bonchev–Trinajstić information content (AvgIpc) is 2.91. The van der Waals surface area contributed by atoms with Gasteiger partial charge in [0.25, 0.3) is 0 Å². The zero-order valence-corrected chi connectivity index (χ0v) is 15.1. The molecule has 3 aromatic rings. The Kier molecular flexibility index (Phi) is 5.37. The van der Waals surface area contributed by atoms with E-state index in [0.29, 0.717) is 24.2 Å². The maximum Gasteiger partial charge on any atom is 0.228 e. The third kappa shape index (κ3) is 4.11. The van der Waals surface area contributed by atoms with Gasteiger partial charge in [-0.15, -0.1) is 0 Å². The van der Waals surface area contributed by atoms with Crippen LogP contribution in [-0.4, -0.2) is 16.8 Å². The van der Waals surface area contributed by atoms with Crippen LogP contribution in [-0.2, 0) is 16.0 Å². The number of para-hydroxylation sites is 1. The molecule has 3 N–H and O–H groups in total. The van der Waals surface area contributed by atoms with Crippen LogP contribution in [0.4, 0.5) is 11.4 Å². The number of carbonyl (C=O) groups excluding carboxylic acids is 2. The quantitative estimate of drug-likeness (QED) is 0.617. The van der Waals surface area contributed by atoms with Crippen LogP contribution in [0.15, 0.2) is 48.5 Å². The number of nitrogens with one attached hydrogen (secondary N) is 3. The fourth-order valence-electron chi connectivity index (χ4n) is 3.05. The molecule has 2 amide bonds. The summed E-state index contributed by atoms with van der Waals surface area (Å²) in [6.45, 7) is 3.94. The van der Waals surface area contributed by atoms with Gasteiger partial charge in [0.1, 0.15) is 0 Å². The number of carbonyl (C=O) groups is 2. The van der Waals surface area contributed by atoms with Crippen molar-refractivity contribution in [3.63, 3.8) is 0 Å². The van der Waals surface area contributed by atoms with Gasteiger partial charge in [-0.2, -0.15) is 0 Å². The van der Waals surface area contributed by atoms with E-state index in [1.54, 1.807) is 6.07 Å². The highest BCUT2D eigenvalue weighted by atomic mass is 16.2. The first kappa shape index (κ1) is 17.7. The third-order valence-electron chi connectivity index (χ3n) is 4.27. The lowest BCUT2D eigenvalue weighted by Gasteiger charge is -2.09. The van der Waals surface area contributed by atoms with Crippen LogP contribution in [0.5, 0.6) is 0 Å². The number of rotatable bonds is 6. The molecule has 1 heterocycles. The Hall–Kier alpha value is -3.08. The van der Waals surface area contributed by atoms with E-state index in [1.807, 2.05) is 56.3 Å². The molecule has 0 fully saturated rings. The van der Waals surface area contributed by atoms with Crippen molar-refractivity contribution in [2.24, 2.45) is 0 Å². The zero-order chi connectivity index (χ0) is 18.5. The molecule has 26 heavy (non-hydrogen) atoms. The molecule has 0 atom stereocenters. The highest BCUT2D eigenvalue weighted by Gasteiger charge is 2.12. The molecule has 0 spiro atoms. The van der Waals surface area contributed by atoms with Gasteiger partial charge in [-0.05, 0) is 43.2 Å². The van der Waals surface area contributed by atoms with Crippen molar-refractivity contribution in [2.75, 3.05) is 10.6 Å². The predicted octanol–water partition coefficient (Wildman–Crippen LogP) is 4.40. The summed E-state index contributed by atoms with van der Waals surface area (Å²) < 4.78 is 0. The molecule has 0 unspecified atom stereocenters. The van der Waals surface area contributed by atoms with Gasteiger partial charge in [0.15, 0.2) is 0 Å². The van der Waals surface area contributed by atoms with Crippen LogP contribution in [0.25, 0.3) is 10.9 Å². The van der Waals surface area contributed by atoms with Crippen LogP contribution in [0.1, 0.15) is 31.0 Å². The Morgan fingerprint density at radius 3 is 2.38 bits per heavy atom. The van der Waals surface area contributed by atoms with Crippen molar-refractivity contribution in [3.8, 4) is 0 Å². The summed E-state index contributed by atoms with van der Waals surface area (Å²) in [5.74, 6) is -0.111. The number of anilines is 2. The van der Waals surface area contributed by atoms with Gasteiger partial charge in [0, 0.05) is 34.4 Å². The first-order valence-electron chi connectivity index (χ1n) is 8.82. The molecule has 0 saturated heterocycles. The summed E-state index contributed by atoms with van der Waals surface area (Å²) >= 11 is 0. The number of aromatic nitrogens is 1. The second-order valence-electron chi connectivity index (χ2n) is 6.38. The summed E-state index contributed by atoms with van der Waals surface area (Å²) in [5, 5.41) is 6.82. The van der Waals surface area contributed by atoms with E-state index in [-0.39, 0.29) is 11.8 Å². The third-order valence-corrected chi connectivity index (χ3v) is 4.27. The summed E-state index contributed by atoms with van der Waals surface area (Å²) in [5.41, 5.74) is 4.40. The largest absolute Gasteiger partial charge is 0.358 e. The normalized spacial score (nSPS) is 10.7. The first-order chi connectivity index (χ1) is 12.6. The van der Waals surface area contributed by atoms with E-state index in [4.69, 9.17) is 0 Å². The van der Waals surface area contributed by atoms with Gasteiger partial charge in [0.05, 0.1) is 6.42 Å². The molecule has 0 aliphatic rings. The van der Waals surface area contributed by atoms with Crippen LogP contribution in [0, 0.1) is 6.92 Å². The minimum Gasteiger partial charge on any atom is -0.358 e. The lowest BCUT2D eigenvalue weighted by molar-refractivity contribution is -0.116. The topological polar surface area (TPSA) is 74.0 Å². The predicted molar refractivity (Wildman–Crippen MR) is 105 cm³/mol. The van der Waals surface area contributed by atoms with Crippen molar-refractivity contribution in [2.45, 2.75) is 33.1 Å². The van der Waals surface area contributed by atoms with E-state index in [2.05, 4.69) is 15.6 Å². The molecule has 134 valence electrons. The van der Waals surface area contributed by atoms with Crippen molar-refractivity contribution in [1.82, 2.24) is 4.98 Å². The van der Waals surface area contributed by atoms with Crippen LogP contribution >= 0.6 is 0 Å². The fraction of sp³-hybridized carbons (Fsp3) is 0.238. The lowest BCUT2D eigenvalue weighted by atomic mass is 10.1. The lowest BCUT2D eigenvalue weighted by Crippen LogP contribution is -2.15. The van der Waals surface area contributed by atoms with Gasteiger partial charge >= 0.3 is 0 Å². The maximum absolute atomic E-state index is 12.5. The molecule has 5 nitrogen and oxygen atoms in total. The molecule has 0 bridgehead atoms. The fourth-order valence-corrected chi connectivity index (χ4v) is 3.05. The minimum atomic E-state index is -0.0881. The number of aromatic amines is 1. The Bertz CT molecular complexity index is 943. The highest BCUT2D eigenvalue weighted by Crippen LogP contribution is 2.23. The first-order valence-corrected chi connectivity index (χ1v) is 8.82. The van der Waals surface area contributed by atoms with Gasteiger partial charge < -0.3 is 15.6 Å². The van der Waals surface area contributed by atoms with Gasteiger partial charge in [-0.1, -0.05) is 31.2 Å². The van der Waals surface area contributed by atoms with E-state index in [9.17, 15) is 9.59 Å². The van der Waals surface area contributed by atoms with E-state index >= 15 is 0 Å². The minimum absolute atomic E-state index is 0.0228. The monoisotopic (exact) mass is 349 g/mol. The molecule has 0 aliphatic heterocycles. The average molecular weight is 349 g/mol. The number of amides is 2. The van der Waals surface area contributed by atoms with E-state index < -0.39 is 0 Å². The zero-order valence-electron chi connectivity index (χ0n) is 15.1. The number of benzene rings is 2. The number of hydrogen-bond donors (Lipinski definition) is 3. The Morgan fingerprint density at radius 2 is 1.65 bits per heavy atom. The van der Waals surface area contributed by atoms with Crippen LogP contribution in [0.3, 0.4) is 0 Å². The SMILES string of the molecule is CCCC(=O)Nc1cccc(NC(=O)Cc2c(C)[nH]c3ccccc23)c1. The highest BCUT2D eigenvalue weighted by molar-refractivity contribution is 5.97. The summed E-state index contributed by atoms with van der Waals surface area (Å²) in [6.07, 6.45) is 1.57. The summed E-state index contributed by atoms with van der Waals surface area (Å²) in [7, 11) is 0. The van der Waals surface area contributed by atoms with Gasteiger partial charge in [0.2, 0.25) is 11.8 Å². The molecule has 5 heteroatoms. The van der Waals surface area contributed by atoms with Gasteiger partial charge in [-0.25, -0.2) is 0 Å². The Balaban J connectivity index is 1.70. The molecule has 2 aromatic carbocycles. The van der Waals surface area contributed by atoms with Crippen molar-refractivity contribution in [1.29, 1.82) is 0 Å². The molecule has 0 radical (unpaired) electrons. The van der Waals surface area contributed by atoms with E-state index in [0.717, 1.165) is 28.6 Å². The van der Waals surface area contributed by atoms with Crippen molar-refractivity contribution in [3.05, 3.63) is 59.8 Å². The number of aryl methyl sites for hydroxylation is 1. The number of H-pyrrole nitrogens is 1. The van der Waals surface area contributed by atoms with Crippen LogP contribution < -0.4 is 10.6 Å². The summed E-state index contributed by atoms with van der Waals surface area (Å²) in [4.78, 5) is 27.5. The smallest absolute Gasteiger partial charge is 0.228 e.